The van der Waals surface area contributed by atoms with Crippen molar-refractivity contribution in [1.29, 1.82) is 0 Å². The molecule has 2 N–H and O–H groups in total. The van der Waals surface area contributed by atoms with Gasteiger partial charge in [-0.3, -0.25) is 9.89 Å². The number of anilines is 1. The third kappa shape index (κ3) is 3.73. The number of amides is 1. The van der Waals surface area contributed by atoms with Crippen LogP contribution in [0.1, 0.15) is 32.6 Å². The smallest absolute Gasteiger partial charge is 0.225 e. The maximum Gasteiger partial charge on any atom is 0.225 e. The molecule has 0 atom stereocenters. The molecule has 0 unspecified atom stereocenters. The second-order valence-corrected chi connectivity index (χ2v) is 2.98. The average molecular weight is 181 g/mol. The van der Waals surface area contributed by atoms with Gasteiger partial charge in [0.1, 0.15) is 5.82 Å². The first kappa shape index (κ1) is 9.77. The van der Waals surface area contributed by atoms with Gasteiger partial charge in [-0.15, -0.1) is 0 Å². The van der Waals surface area contributed by atoms with E-state index < -0.39 is 0 Å². The lowest BCUT2D eigenvalue weighted by Crippen LogP contribution is -2.11. The highest BCUT2D eigenvalue weighted by atomic mass is 16.1. The van der Waals surface area contributed by atoms with Gasteiger partial charge in [-0.2, -0.15) is 5.10 Å². The molecule has 1 heterocycles. The van der Waals surface area contributed by atoms with Crippen LogP contribution in [-0.2, 0) is 4.79 Å². The fraction of sp³-hybridized carbons (Fsp3) is 0.556. The molecule has 0 bridgehead atoms. The van der Waals surface area contributed by atoms with Gasteiger partial charge in [0.25, 0.3) is 0 Å². The summed E-state index contributed by atoms with van der Waals surface area (Å²) in [4.78, 5) is 11.2. The standard InChI is InChI=1S/C9H15N3O/c1-2-3-4-5-9(13)11-8-6-7-10-12-8/h6-7H,2-5H2,1H3,(H2,10,11,12,13). The lowest BCUT2D eigenvalue weighted by atomic mass is 10.2. The zero-order valence-electron chi connectivity index (χ0n) is 7.84. The van der Waals surface area contributed by atoms with E-state index in [9.17, 15) is 4.79 Å². The summed E-state index contributed by atoms with van der Waals surface area (Å²) in [5.74, 6) is 0.721. The van der Waals surface area contributed by atoms with Crippen molar-refractivity contribution in [2.45, 2.75) is 32.6 Å². The van der Waals surface area contributed by atoms with Crippen molar-refractivity contribution < 1.29 is 4.79 Å². The maximum absolute atomic E-state index is 11.2. The van der Waals surface area contributed by atoms with E-state index in [0.717, 1.165) is 19.3 Å². The predicted octanol–water partition coefficient (Wildman–Crippen LogP) is 1.93. The molecule has 0 aromatic carbocycles. The maximum atomic E-state index is 11.2. The summed E-state index contributed by atoms with van der Waals surface area (Å²) in [7, 11) is 0. The Morgan fingerprint density at radius 1 is 1.62 bits per heavy atom. The van der Waals surface area contributed by atoms with Crippen molar-refractivity contribution in [1.82, 2.24) is 10.2 Å². The first-order valence-corrected chi connectivity index (χ1v) is 4.62. The topological polar surface area (TPSA) is 57.8 Å². The van der Waals surface area contributed by atoms with Gasteiger partial charge in [0.05, 0.1) is 6.20 Å². The fourth-order valence-electron chi connectivity index (χ4n) is 1.07. The highest BCUT2D eigenvalue weighted by molar-refractivity contribution is 5.89. The van der Waals surface area contributed by atoms with Crippen molar-refractivity contribution in [3.8, 4) is 0 Å². The van der Waals surface area contributed by atoms with E-state index in [0.29, 0.717) is 12.2 Å². The molecule has 1 rings (SSSR count). The Kier molecular flexibility index (Phi) is 4.02. The molecule has 0 saturated heterocycles. The average Bonchev–Trinajstić information content (AvgIpc) is 2.57. The number of unbranched alkanes of at least 4 members (excludes halogenated alkanes) is 2. The lowest BCUT2D eigenvalue weighted by molar-refractivity contribution is -0.116. The predicted molar refractivity (Wildman–Crippen MR) is 51.4 cm³/mol. The third-order valence-corrected chi connectivity index (χ3v) is 1.78. The number of nitrogens with zero attached hydrogens (tertiary/aromatic N) is 1. The molecular weight excluding hydrogens is 166 g/mol. The zero-order chi connectivity index (χ0) is 9.52. The molecule has 4 heteroatoms. The molecule has 0 spiro atoms. The Hall–Kier alpha value is -1.32. The van der Waals surface area contributed by atoms with Crippen LogP contribution < -0.4 is 5.32 Å². The second-order valence-electron chi connectivity index (χ2n) is 2.98. The Balaban J connectivity index is 2.18. The van der Waals surface area contributed by atoms with Crippen molar-refractivity contribution in [2.75, 3.05) is 5.32 Å². The van der Waals surface area contributed by atoms with Gasteiger partial charge in [-0.05, 0) is 6.42 Å². The van der Waals surface area contributed by atoms with Gasteiger partial charge in [-0.25, -0.2) is 0 Å². The molecule has 1 aromatic heterocycles. The van der Waals surface area contributed by atoms with Gasteiger partial charge in [0.15, 0.2) is 0 Å². The quantitative estimate of drug-likeness (QED) is 0.682. The molecule has 0 aliphatic carbocycles. The highest BCUT2D eigenvalue weighted by Crippen LogP contribution is 2.03. The van der Waals surface area contributed by atoms with Crippen LogP contribution in [0, 0.1) is 0 Å². The van der Waals surface area contributed by atoms with E-state index in [-0.39, 0.29) is 5.91 Å². The van der Waals surface area contributed by atoms with Crippen LogP contribution in [-0.4, -0.2) is 16.1 Å². The first-order chi connectivity index (χ1) is 6.33. The van der Waals surface area contributed by atoms with Crippen LogP contribution in [0.2, 0.25) is 0 Å². The minimum atomic E-state index is 0.0534. The minimum Gasteiger partial charge on any atom is -0.311 e. The van der Waals surface area contributed by atoms with E-state index in [4.69, 9.17) is 0 Å². The second kappa shape index (κ2) is 5.35. The van der Waals surface area contributed by atoms with Gasteiger partial charge in [0.2, 0.25) is 5.91 Å². The highest BCUT2D eigenvalue weighted by Gasteiger charge is 2.01. The molecule has 72 valence electrons. The number of rotatable bonds is 5. The van der Waals surface area contributed by atoms with E-state index in [1.165, 1.54) is 0 Å². The molecule has 4 nitrogen and oxygen atoms in total. The van der Waals surface area contributed by atoms with Crippen molar-refractivity contribution in [3.05, 3.63) is 12.3 Å². The van der Waals surface area contributed by atoms with E-state index >= 15 is 0 Å². The number of nitrogens with one attached hydrogen (secondary N) is 2. The van der Waals surface area contributed by atoms with Crippen LogP contribution in [0.3, 0.4) is 0 Å². The normalized spacial score (nSPS) is 9.92. The van der Waals surface area contributed by atoms with Crippen molar-refractivity contribution >= 4 is 11.7 Å². The van der Waals surface area contributed by atoms with Crippen molar-refractivity contribution in [3.63, 3.8) is 0 Å². The lowest BCUT2D eigenvalue weighted by Gasteiger charge is -2.00. The van der Waals surface area contributed by atoms with Gasteiger partial charge in [0, 0.05) is 12.5 Å². The number of aromatic amines is 1. The summed E-state index contributed by atoms with van der Waals surface area (Å²) in [6.07, 6.45) is 5.40. The summed E-state index contributed by atoms with van der Waals surface area (Å²) in [5.41, 5.74) is 0. The van der Waals surface area contributed by atoms with E-state index in [2.05, 4.69) is 22.4 Å². The Morgan fingerprint density at radius 3 is 3.08 bits per heavy atom. The molecule has 1 aromatic rings. The Morgan fingerprint density at radius 2 is 2.46 bits per heavy atom. The number of H-pyrrole nitrogens is 1. The monoisotopic (exact) mass is 181 g/mol. The van der Waals surface area contributed by atoms with Crippen LogP contribution in [0.4, 0.5) is 5.82 Å². The van der Waals surface area contributed by atoms with Crippen LogP contribution in [0.25, 0.3) is 0 Å². The van der Waals surface area contributed by atoms with E-state index in [1.54, 1.807) is 12.3 Å². The first-order valence-electron chi connectivity index (χ1n) is 4.62. The molecule has 13 heavy (non-hydrogen) atoms. The summed E-state index contributed by atoms with van der Waals surface area (Å²) in [6.45, 7) is 2.12. The molecule has 0 fully saturated rings. The van der Waals surface area contributed by atoms with Crippen molar-refractivity contribution in [2.24, 2.45) is 0 Å². The number of carbonyl (C=O) groups is 1. The zero-order valence-corrected chi connectivity index (χ0v) is 7.84. The molecule has 0 saturated carbocycles. The van der Waals surface area contributed by atoms with Gasteiger partial charge in [-0.1, -0.05) is 19.8 Å². The molecule has 0 aliphatic heterocycles. The van der Waals surface area contributed by atoms with Crippen LogP contribution in [0.5, 0.6) is 0 Å². The number of carbonyl (C=O) groups excluding carboxylic acids is 1. The summed E-state index contributed by atoms with van der Waals surface area (Å²) in [6, 6.07) is 1.73. The number of aromatic nitrogens is 2. The fourth-order valence-corrected chi connectivity index (χ4v) is 1.07. The van der Waals surface area contributed by atoms with Crippen LogP contribution >= 0.6 is 0 Å². The Labute approximate surface area is 77.7 Å². The molecular formula is C9H15N3O. The molecule has 0 radical (unpaired) electrons. The molecule has 1 amide bonds. The van der Waals surface area contributed by atoms with Gasteiger partial charge >= 0.3 is 0 Å². The number of hydrogen-bond acceptors (Lipinski definition) is 2. The van der Waals surface area contributed by atoms with Gasteiger partial charge < -0.3 is 5.32 Å². The van der Waals surface area contributed by atoms with E-state index in [1.807, 2.05) is 0 Å². The molecule has 0 aliphatic rings. The summed E-state index contributed by atoms with van der Waals surface area (Å²) in [5, 5.41) is 9.13. The Bertz CT molecular complexity index is 243. The largest absolute Gasteiger partial charge is 0.311 e. The number of hydrogen-bond donors (Lipinski definition) is 2. The van der Waals surface area contributed by atoms with Crippen LogP contribution in [0.15, 0.2) is 12.3 Å². The summed E-state index contributed by atoms with van der Waals surface area (Å²) >= 11 is 0. The minimum absolute atomic E-state index is 0.0534. The summed E-state index contributed by atoms with van der Waals surface area (Å²) < 4.78 is 0. The SMILES string of the molecule is CCCCCC(=O)Nc1ccn[nH]1. The third-order valence-electron chi connectivity index (χ3n) is 1.78.